The minimum Gasteiger partial charge on any atom is -0.340 e. The van der Waals surface area contributed by atoms with Crippen molar-refractivity contribution in [2.45, 2.75) is 45.6 Å². The molecule has 116 valence electrons. The van der Waals surface area contributed by atoms with Crippen LogP contribution in [0.25, 0.3) is 0 Å². The molecule has 0 bridgehead atoms. The van der Waals surface area contributed by atoms with E-state index in [1.807, 2.05) is 11.9 Å². The number of amides is 1. The lowest BCUT2D eigenvalue weighted by atomic mass is 10.1. The van der Waals surface area contributed by atoms with E-state index in [0.29, 0.717) is 13.1 Å². The topological polar surface area (TPSA) is 23.6 Å². The van der Waals surface area contributed by atoms with Gasteiger partial charge in [0.25, 0.3) is 0 Å². The highest BCUT2D eigenvalue weighted by molar-refractivity contribution is 5.78. The van der Waals surface area contributed by atoms with Crippen molar-refractivity contribution in [2.75, 3.05) is 26.7 Å². The molecule has 3 nitrogen and oxygen atoms in total. The van der Waals surface area contributed by atoms with Crippen LogP contribution in [-0.4, -0.2) is 42.4 Å². The van der Waals surface area contributed by atoms with Crippen molar-refractivity contribution >= 4 is 5.91 Å². The van der Waals surface area contributed by atoms with Gasteiger partial charge in [-0.2, -0.15) is 0 Å². The van der Waals surface area contributed by atoms with Gasteiger partial charge in [-0.05, 0) is 38.4 Å². The second kappa shape index (κ2) is 8.18. The maximum atomic E-state index is 12.4. The second-order valence-corrected chi connectivity index (χ2v) is 6.28. The molecule has 0 aliphatic carbocycles. The average molecular weight is 288 g/mol. The van der Waals surface area contributed by atoms with Crippen LogP contribution in [0.1, 0.15) is 43.2 Å². The van der Waals surface area contributed by atoms with Gasteiger partial charge in [0.15, 0.2) is 0 Å². The molecule has 1 aromatic rings. The van der Waals surface area contributed by atoms with Gasteiger partial charge in [-0.25, -0.2) is 0 Å². The van der Waals surface area contributed by atoms with Crippen molar-refractivity contribution in [3.63, 3.8) is 0 Å². The number of likely N-dealkylation sites (tertiary alicyclic amines) is 1. The van der Waals surface area contributed by atoms with E-state index < -0.39 is 0 Å². The molecule has 1 aliphatic rings. The molecule has 1 aromatic carbocycles. The molecular weight excluding hydrogens is 260 g/mol. The van der Waals surface area contributed by atoms with E-state index >= 15 is 0 Å². The molecule has 1 aliphatic heterocycles. The quantitative estimate of drug-likeness (QED) is 0.849. The molecule has 0 radical (unpaired) electrons. The summed E-state index contributed by atoms with van der Waals surface area (Å²) in [5.41, 5.74) is 2.46. The van der Waals surface area contributed by atoms with Crippen LogP contribution >= 0.6 is 0 Å². The maximum absolute atomic E-state index is 12.4. The van der Waals surface area contributed by atoms with Crippen molar-refractivity contribution in [3.05, 3.63) is 35.4 Å². The Morgan fingerprint density at radius 2 is 1.62 bits per heavy atom. The predicted octanol–water partition coefficient (Wildman–Crippen LogP) is 3.22. The van der Waals surface area contributed by atoms with Gasteiger partial charge in [0, 0.05) is 13.6 Å². The first kappa shape index (κ1) is 16.0. The Morgan fingerprint density at radius 1 is 1.05 bits per heavy atom. The van der Waals surface area contributed by atoms with E-state index in [0.717, 1.165) is 13.1 Å². The molecule has 0 atom stereocenters. The van der Waals surface area contributed by atoms with E-state index in [1.165, 1.54) is 43.2 Å². The Hall–Kier alpha value is -1.35. The smallest absolute Gasteiger partial charge is 0.236 e. The van der Waals surface area contributed by atoms with Crippen molar-refractivity contribution in [3.8, 4) is 0 Å². The van der Waals surface area contributed by atoms with Crippen molar-refractivity contribution in [2.24, 2.45) is 0 Å². The number of aryl methyl sites for hydroxylation is 1. The number of benzene rings is 1. The molecule has 1 fully saturated rings. The number of carbonyl (C=O) groups excluding carboxylic acids is 1. The summed E-state index contributed by atoms with van der Waals surface area (Å²) in [4.78, 5) is 16.5. The molecule has 1 saturated heterocycles. The lowest BCUT2D eigenvalue weighted by Crippen LogP contribution is -2.39. The molecule has 0 N–H and O–H groups in total. The van der Waals surface area contributed by atoms with E-state index in [2.05, 4.69) is 36.1 Å². The molecule has 0 spiro atoms. The number of hydrogen-bond acceptors (Lipinski definition) is 2. The molecule has 1 heterocycles. The third-order valence-corrected chi connectivity index (χ3v) is 4.27. The second-order valence-electron chi connectivity index (χ2n) is 6.28. The molecule has 3 heteroatoms. The summed E-state index contributed by atoms with van der Waals surface area (Å²) in [5.74, 6) is 0.233. The van der Waals surface area contributed by atoms with Crippen LogP contribution in [-0.2, 0) is 11.3 Å². The Kier molecular flexibility index (Phi) is 6.24. The Labute approximate surface area is 128 Å². The van der Waals surface area contributed by atoms with Crippen molar-refractivity contribution < 1.29 is 4.79 Å². The average Bonchev–Trinajstić information content (AvgIpc) is 2.44. The van der Waals surface area contributed by atoms with Crippen LogP contribution in [0.3, 0.4) is 0 Å². The minimum atomic E-state index is 0.233. The van der Waals surface area contributed by atoms with Gasteiger partial charge in [0.05, 0.1) is 6.54 Å². The zero-order valence-electron chi connectivity index (χ0n) is 13.5. The Balaban J connectivity index is 1.82. The van der Waals surface area contributed by atoms with Crippen LogP contribution in [0, 0.1) is 6.92 Å². The highest BCUT2D eigenvalue weighted by atomic mass is 16.2. The van der Waals surface area contributed by atoms with Gasteiger partial charge >= 0.3 is 0 Å². The van der Waals surface area contributed by atoms with Crippen LogP contribution in [0.4, 0.5) is 0 Å². The highest BCUT2D eigenvalue weighted by Crippen LogP contribution is 2.11. The molecule has 2 rings (SSSR count). The van der Waals surface area contributed by atoms with Gasteiger partial charge in [-0.3, -0.25) is 9.69 Å². The van der Waals surface area contributed by atoms with Crippen LogP contribution in [0.15, 0.2) is 24.3 Å². The maximum Gasteiger partial charge on any atom is 0.236 e. The molecule has 1 amide bonds. The minimum absolute atomic E-state index is 0.233. The third kappa shape index (κ3) is 5.50. The SMILES string of the molecule is Cc1ccc(CN(C)C(=O)CN2CCCCCCC2)cc1. The van der Waals surface area contributed by atoms with Gasteiger partial charge < -0.3 is 4.90 Å². The fourth-order valence-corrected chi connectivity index (χ4v) is 2.84. The molecule has 0 saturated carbocycles. The Bertz CT molecular complexity index is 433. The van der Waals surface area contributed by atoms with Crippen LogP contribution < -0.4 is 0 Å². The van der Waals surface area contributed by atoms with E-state index in [4.69, 9.17) is 0 Å². The summed E-state index contributed by atoms with van der Waals surface area (Å²) in [6.45, 7) is 5.50. The zero-order valence-corrected chi connectivity index (χ0v) is 13.5. The summed E-state index contributed by atoms with van der Waals surface area (Å²) in [5, 5.41) is 0. The summed E-state index contributed by atoms with van der Waals surface area (Å²) in [6.07, 6.45) is 6.44. The molecule has 0 aromatic heterocycles. The lowest BCUT2D eigenvalue weighted by molar-refractivity contribution is -0.131. The van der Waals surface area contributed by atoms with Gasteiger partial charge in [0.2, 0.25) is 5.91 Å². The van der Waals surface area contributed by atoms with Gasteiger partial charge in [-0.15, -0.1) is 0 Å². The number of likely N-dealkylation sites (N-methyl/N-ethyl adjacent to an activating group) is 1. The highest BCUT2D eigenvalue weighted by Gasteiger charge is 2.15. The van der Waals surface area contributed by atoms with E-state index in [-0.39, 0.29) is 5.91 Å². The normalized spacial score (nSPS) is 17.0. The monoisotopic (exact) mass is 288 g/mol. The summed E-state index contributed by atoms with van der Waals surface area (Å²) in [7, 11) is 1.91. The number of carbonyl (C=O) groups is 1. The van der Waals surface area contributed by atoms with Crippen LogP contribution in [0.5, 0.6) is 0 Å². The first-order chi connectivity index (χ1) is 10.1. The first-order valence-electron chi connectivity index (χ1n) is 8.17. The standard InChI is InChI=1S/C18H28N2O/c1-16-8-10-17(11-9-16)14-19(2)18(21)15-20-12-6-4-3-5-7-13-20/h8-11H,3-7,12-15H2,1-2H3. The van der Waals surface area contributed by atoms with Gasteiger partial charge in [0.1, 0.15) is 0 Å². The third-order valence-electron chi connectivity index (χ3n) is 4.27. The fraction of sp³-hybridized carbons (Fsp3) is 0.611. The Morgan fingerprint density at radius 3 is 2.24 bits per heavy atom. The lowest BCUT2D eigenvalue weighted by Gasteiger charge is -2.26. The molecule has 0 unspecified atom stereocenters. The van der Waals surface area contributed by atoms with Crippen molar-refractivity contribution in [1.82, 2.24) is 9.80 Å². The molecule has 21 heavy (non-hydrogen) atoms. The largest absolute Gasteiger partial charge is 0.340 e. The van der Waals surface area contributed by atoms with Gasteiger partial charge in [-0.1, -0.05) is 49.1 Å². The summed E-state index contributed by atoms with van der Waals surface area (Å²) >= 11 is 0. The number of rotatable bonds is 4. The zero-order chi connectivity index (χ0) is 15.1. The molecular formula is C18H28N2O. The summed E-state index contributed by atoms with van der Waals surface area (Å²) < 4.78 is 0. The van der Waals surface area contributed by atoms with Crippen molar-refractivity contribution in [1.29, 1.82) is 0 Å². The predicted molar refractivity (Wildman–Crippen MR) is 87.2 cm³/mol. The summed E-state index contributed by atoms with van der Waals surface area (Å²) in [6, 6.07) is 8.42. The number of nitrogens with zero attached hydrogens (tertiary/aromatic N) is 2. The van der Waals surface area contributed by atoms with E-state index in [1.54, 1.807) is 0 Å². The van der Waals surface area contributed by atoms with E-state index in [9.17, 15) is 4.79 Å². The van der Waals surface area contributed by atoms with Crippen LogP contribution in [0.2, 0.25) is 0 Å². The fourth-order valence-electron chi connectivity index (χ4n) is 2.84. The first-order valence-corrected chi connectivity index (χ1v) is 8.17. The number of hydrogen-bond donors (Lipinski definition) is 0.